The Balaban J connectivity index is 2.78. The summed E-state index contributed by atoms with van der Waals surface area (Å²) in [5.41, 5.74) is 0.512. The third kappa shape index (κ3) is 2.34. The van der Waals surface area contributed by atoms with Gasteiger partial charge in [0.15, 0.2) is 0 Å². The largest absolute Gasteiger partial charge is 0.281 e. The van der Waals surface area contributed by atoms with E-state index in [0.717, 1.165) is 0 Å². The molecule has 1 rings (SSSR count). The SMILES string of the molecule is C#CCCNS(=O)(=O)c1cn[nH]c1C. The predicted octanol–water partition coefficient (Wildman–Crippen LogP) is 0.0197. The third-order valence-electron chi connectivity index (χ3n) is 1.63. The molecule has 0 aliphatic heterocycles. The molecule has 0 fully saturated rings. The van der Waals surface area contributed by atoms with Crippen molar-refractivity contribution in [2.75, 3.05) is 6.54 Å². The van der Waals surface area contributed by atoms with Gasteiger partial charge in [-0.3, -0.25) is 5.10 Å². The monoisotopic (exact) mass is 213 g/mol. The van der Waals surface area contributed by atoms with Crippen LogP contribution in [0.15, 0.2) is 11.1 Å². The molecule has 0 radical (unpaired) electrons. The van der Waals surface area contributed by atoms with Gasteiger partial charge >= 0.3 is 0 Å². The van der Waals surface area contributed by atoms with Crippen LogP contribution in [0.1, 0.15) is 12.1 Å². The molecule has 0 aromatic carbocycles. The van der Waals surface area contributed by atoms with Crippen LogP contribution in [0.3, 0.4) is 0 Å². The van der Waals surface area contributed by atoms with Gasteiger partial charge in [0.25, 0.3) is 0 Å². The van der Waals surface area contributed by atoms with Crippen LogP contribution in [0.2, 0.25) is 0 Å². The normalized spacial score (nSPS) is 11.1. The lowest BCUT2D eigenvalue weighted by Crippen LogP contribution is -2.24. The van der Waals surface area contributed by atoms with Crippen molar-refractivity contribution in [1.29, 1.82) is 0 Å². The van der Waals surface area contributed by atoms with Gasteiger partial charge in [0.1, 0.15) is 4.90 Å². The average molecular weight is 213 g/mol. The molecule has 6 heteroatoms. The molecular formula is C8H11N3O2S. The molecule has 0 amide bonds. The van der Waals surface area contributed by atoms with Gasteiger partial charge in [-0.1, -0.05) is 0 Å². The Kier molecular flexibility index (Phi) is 3.28. The Hall–Kier alpha value is -1.32. The number of sulfonamides is 1. The van der Waals surface area contributed by atoms with E-state index in [1.165, 1.54) is 6.20 Å². The van der Waals surface area contributed by atoms with Crippen molar-refractivity contribution in [1.82, 2.24) is 14.9 Å². The number of aryl methyl sites for hydroxylation is 1. The van der Waals surface area contributed by atoms with Gasteiger partial charge in [-0.05, 0) is 6.92 Å². The summed E-state index contributed by atoms with van der Waals surface area (Å²) in [4.78, 5) is 0.162. The molecular weight excluding hydrogens is 202 g/mol. The van der Waals surface area contributed by atoms with E-state index in [2.05, 4.69) is 20.8 Å². The first kappa shape index (κ1) is 10.8. The van der Waals surface area contributed by atoms with E-state index in [1.807, 2.05) is 0 Å². The van der Waals surface area contributed by atoms with Gasteiger partial charge < -0.3 is 0 Å². The van der Waals surface area contributed by atoms with Gasteiger partial charge in [-0.25, -0.2) is 13.1 Å². The molecule has 0 bridgehead atoms. The number of rotatable bonds is 4. The van der Waals surface area contributed by atoms with Crippen molar-refractivity contribution in [2.24, 2.45) is 0 Å². The average Bonchev–Trinajstić information content (AvgIpc) is 2.52. The van der Waals surface area contributed by atoms with Gasteiger partial charge in [-0.2, -0.15) is 5.10 Å². The molecule has 0 saturated carbocycles. The Morgan fingerprint density at radius 2 is 2.43 bits per heavy atom. The maximum atomic E-state index is 11.5. The van der Waals surface area contributed by atoms with Crippen LogP contribution in [0.25, 0.3) is 0 Å². The fraction of sp³-hybridized carbons (Fsp3) is 0.375. The van der Waals surface area contributed by atoms with Crippen LogP contribution in [0.4, 0.5) is 0 Å². The zero-order valence-electron chi connectivity index (χ0n) is 7.74. The fourth-order valence-corrected chi connectivity index (χ4v) is 2.11. The Morgan fingerprint density at radius 1 is 1.71 bits per heavy atom. The highest BCUT2D eigenvalue weighted by atomic mass is 32.2. The van der Waals surface area contributed by atoms with E-state index < -0.39 is 10.0 Å². The summed E-state index contributed by atoms with van der Waals surface area (Å²) in [5.74, 6) is 2.35. The molecule has 1 aromatic heterocycles. The fourth-order valence-electron chi connectivity index (χ4n) is 0.946. The van der Waals surface area contributed by atoms with Gasteiger partial charge in [0, 0.05) is 13.0 Å². The van der Waals surface area contributed by atoms with E-state index >= 15 is 0 Å². The second-order valence-corrected chi connectivity index (χ2v) is 4.45. The van der Waals surface area contributed by atoms with Crippen molar-refractivity contribution >= 4 is 10.0 Å². The van der Waals surface area contributed by atoms with Gasteiger partial charge in [0.05, 0.1) is 11.9 Å². The van der Waals surface area contributed by atoms with E-state index in [9.17, 15) is 8.42 Å². The molecule has 0 aliphatic carbocycles. The molecule has 5 nitrogen and oxygen atoms in total. The number of terminal acetylenes is 1. The third-order valence-corrected chi connectivity index (χ3v) is 3.21. The highest BCUT2D eigenvalue weighted by Crippen LogP contribution is 2.10. The van der Waals surface area contributed by atoms with Crippen molar-refractivity contribution < 1.29 is 8.42 Å². The smallest absolute Gasteiger partial charge is 0.243 e. The summed E-state index contributed by atoms with van der Waals surface area (Å²) >= 11 is 0. The van der Waals surface area contributed by atoms with Crippen molar-refractivity contribution in [3.05, 3.63) is 11.9 Å². The zero-order chi connectivity index (χ0) is 10.6. The number of H-pyrrole nitrogens is 1. The molecule has 76 valence electrons. The second-order valence-electron chi connectivity index (χ2n) is 2.71. The molecule has 0 atom stereocenters. The number of nitrogens with one attached hydrogen (secondary N) is 2. The minimum Gasteiger partial charge on any atom is -0.281 e. The lowest BCUT2D eigenvalue weighted by Gasteiger charge is -2.02. The number of hydrogen-bond donors (Lipinski definition) is 2. The molecule has 0 saturated heterocycles. The van der Waals surface area contributed by atoms with Crippen LogP contribution in [-0.2, 0) is 10.0 Å². The van der Waals surface area contributed by atoms with Crippen molar-refractivity contribution in [3.63, 3.8) is 0 Å². The van der Waals surface area contributed by atoms with Crippen LogP contribution in [-0.4, -0.2) is 25.2 Å². The van der Waals surface area contributed by atoms with Crippen LogP contribution >= 0.6 is 0 Å². The first-order valence-electron chi connectivity index (χ1n) is 4.01. The number of nitrogens with zero attached hydrogens (tertiary/aromatic N) is 1. The van der Waals surface area contributed by atoms with Gasteiger partial charge in [0.2, 0.25) is 10.0 Å². The Labute approximate surface area is 83.0 Å². The number of aromatic amines is 1. The Morgan fingerprint density at radius 3 is 2.93 bits per heavy atom. The lowest BCUT2D eigenvalue weighted by atomic mass is 10.5. The lowest BCUT2D eigenvalue weighted by molar-refractivity contribution is 0.582. The molecule has 14 heavy (non-hydrogen) atoms. The number of hydrogen-bond acceptors (Lipinski definition) is 3. The summed E-state index contributed by atoms with van der Waals surface area (Å²) in [7, 11) is -3.46. The Bertz CT molecular complexity index is 441. The summed E-state index contributed by atoms with van der Waals surface area (Å²) in [5, 5.41) is 6.19. The quantitative estimate of drug-likeness (QED) is 0.547. The summed E-state index contributed by atoms with van der Waals surface area (Å²) in [6.45, 7) is 1.88. The van der Waals surface area contributed by atoms with Crippen LogP contribution in [0, 0.1) is 19.3 Å². The van der Waals surface area contributed by atoms with E-state index in [-0.39, 0.29) is 11.4 Å². The maximum Gasteiger partial charge on any atom is 0.243 e. The summed E-state index contributed by atoms with van der Waals surface area (Å²) in [6, 6.07) is 0. The van der Waals surface area contributed by atoms with Crippen LogP contribution < -0.4 is 4.72 Å². The molecule has 1 aromatic rings. The molecule has 0 spiro atoms. The highest BCUT2D eigenvalue weighted by Gasteiger charge is 2.17. The second kappa shape index (κ2) is 4.26. The molecule has 1 heterocycles. The highest BCUT2D eigenvalue weighted by molar-refractivity contribution is 7.89. The molecule has 0 unspecified atom stereocenters. The standard InChI is InChI=1S/C8H11N3O2S/c1-3-4-5-10-14(12,13)8-6-9-11-7(8)2/h1,6,10H,4-5H2,2H3,(H,9,11). The zero-order valence-corrected chi connectivity index (χ0v) is 8.56. The minimum atomic E-state index is -3.46. The number of aromatic nitrogens is 2. The van der Waals surface area contributed by atoms with E-state index in [4.69, 9.17) is 6.42 Å². The van der Waals surface area contributed by atoms with Crippen molar-refractivity contribution in [2.45, 2.75) is 18.2 Å². The molecule has 2 N–H and O–H groups in total. The summed E-state index contributed by atoms with van der Waals surface area (Å²) < 4.78 is 25.5. The minimum absolute atomic E-state index is 0.162. The van der Waals surface area contributed by atoms with Crippen molar-refractivity contribution in [3.8, 4) is 12.3 Å². The predicted molar refractivity (Wildman–Crippen MR) is 52.0 cm³/mol. The van der Waals surface area contributed by atoms with E-state index in [0.29, 0.717) is 12.1 Å². The van der Waals surface area contributed by atoms with Crippen LogP contribution in [0.5, 0.6) is 0 Å². The van der Waals surface area contributed by atoms with E-state index in [1.54, 1.807) is 6.92 Å². The maximum absolute atomic E-state index is 11.5. The molecule has 0 aliphatic rings. The van der Waals surface area contributed by atoms with Gasteiger partial charge in [-0.15, -0.1) is 12.3 Å². The first-order chi connectivity index (χ1) is 6.58. The first-order valence-corrected chi connectivity index (χ1v) is 5.49. The topological polar surface area (TPSA) is 74.8 Å². The summed E-state index contributed by atoms with van der Waals surface area (Å²) in [6.07, 6.45) is 6.65.